The molecule has 0 saturated carbocycles. The summed E-state index contributed by atoms with van der Waals surface area (Å²) in [5.74, 6) is 0.0751. The molecule has 1 rings (SSSR count). The lowest BCUT2D eigenvalue weighted by Gasteiger charge is -2.05. The number of nitrogens with zero attached hydrogens (tertiary/aromatic N) is 1. The Morgan fingerprint density at radius 3 is 3.00 bits per heavy atom. The van der Waals surface area contributed by atoms with Crippen LogP contribution in [0.15, 0.2) is 5.38 Å². The Labute approximate surface area is 86.1 Å². The van der Waals surface area contributed by atoms with Gasteiger partial charge >= 0.3 is 0 Å². The van der Waals surface area contributed by atoms with Gasteiger partial charge in [0.2, 0.25) is 5.91 Å². The second-order valence-corrected chi connectivity index (χ2v) is 4.01. The summed E-state index contributed by atoms with van der Waals surface area (Å²) in [6, 6.07) is 0. The molecule has 5 heteroatoms. The van der Waals surface area contributed by atoms with Crippen molar-refractivity contribution in [1.82, 2.24) is 4.98 Å². The van der Waals surface area contributed by atoms with E-state index in [0.717, 1.165) is 5.69 Å². The molecule has 0 saturated heterocycles. The maximum Gasteiger partial charge on any atom is 0.230 e. The zero-order valence-electron chi connectivity index (χ0n) is 7.50. The Hall–Kier alpha value is -0.610. The lowest BCUT2D eigenvalue weighted by atomic mass is 10.2. The highest BCUT2D eigenvalue weighted by Crippen LogP contribution is 2.15. The highest BCUT2D eigenvalue weighted by molar-refractivity contribution is 7.13. The SMILES string of the molecule is Cc1csc(NC(=O)C(C)CCl)n1. The van der Waals surface area contributed by atoms with Gasteiger partial charge in [0.1, 0.15) is 0 Å². The molecule has 1 unspecified atom stereocenters. The van der Waals surface area contributed by atoms with Gasteiger partial charge in [0.05, 0.1) is 5.69 Å². The van der Waals surface area contributed by atoms with Crippen LogP contribution < -0.4 is 5.32 Å². The van der Waals surface area contributed by atoms with E-state index in [0.29, 0.717) is 11.0 Å². The fraction of sp³-hybridized carbons (Fsp3) is 0.500. The van der Waals surface area contributed by atoms with Gasteiger partial charge in [-0.05, 0) is 6.92 Å². The molecule has 1 aromatic rings. The third-order valence-electron chi connectivity index (χ3n) is 1.53. The summed E-state index contributed by atoms with van der Waals surface area (Å²) in [5, 5.41) is 5.23. The van der Waals surface area contributed by atoms with Crippen molar-refractivity contribution in [1.29, 1.82) is 0 Å². The number of nitrogens with one attached hydrogen (secondary N) is 1. The smallest absolute Gasteiger partial charge is 0.230 e. The van der Waals surface area contributed by atoms with Crippen LogP contribution in [-0.2, 0) is 4.79 Å². The number of halogens is 1. The zero-order chi connectivity index (χ0) is 9.84. The predicted octanol–water partition coefficient (Wildman–Crippen LogP) is 2.26. The summed E-state index contributed by atoms with van der Waals surface area (Å²) in [7, 11) is 0. The van der Waals surface area contributed by atoms with Gasteiger partial charge in [-0.15, -0.1) is 22.9 Å². The lowest BCUT2D eigenvalue weighted by molar-refractivity contribution is -0.118. The van der Waals surface area contributed by atoms with Crippen LogP contribution >= 0.6 is 22.9 Å². The van der Waals surface area contributed by atoms with Gasteiger partial charge in [0, 0.05) is 17.2 Å². The standard InChI is InChI=1S/C8H11ClN2OS/c1-5(3-9)7(12)11-8-10-6(2)4-13-8/h4-5H,3H2,1-2H3,(H,10,11,12). The number of thiazole rings is 1. The van der Waals surface area contributed by atoms with Crippen LogP contribution in [0.25, 0.3) is 0 Å². The molecule has 0 aliphatic rings. The van der Waals surface area contributed by atoms with Gasteiger partial charge in [0.15, 0.2) is 5.13 Å². The summed E-state index contributed by atoms with van der Waals surface area (Å²) in [5.41, 5.74) is 0.916. The average Bonchev–Trinajstić information content (AvgIpc) is 2.49. The summed E-state index contributed by atoms with van der Waals surface area (Å²) in [6.07, 6.45) is 0. The fourth-order valence-electron chi connectivity index (χ4n) is 0.710. The summed E-state index contributed by atoms with van der Waals surface area (Å²) in [6.45, 7) is 3.67. The molecule has 1 amide bonds. The van der Waals surface area contributed by atoms with E-state index in [4.69, 9.17) is 11.6 Å². The molecular formula is C8H11ClN2OS. The average molecular weight is 219 g/mol. The minimum atomic E-state index is -0.175. The van der Waals surface area contributed by atoms with Crippen molar-refractivity contribution in [3.8, 4) is 0 Å². The molecule has 72 valence electrons. The second-order valence-electron chi connectivity index (χ2n) is 2.84. The predicted molar refractivity (Wildman–Crippen MR) is 55.4 cm³/mol. The number of carbonyl (C=O) groups is 1. The molecule has 0 bridgehead atoms. The number of carbonyl (C=O) groups excluding carboxylic acids is 1. The maximum absolute atomic E-state index is 11.3. The van der Waals surface area contributed by atoms with Crippen LogP contribution in [-0.4, -0.2) is 16.8 Å². The molecule has 0 radical (unpaired) electrons. The van der Waals surface area contributed by atoms with Crippen molar-refractivity contribution in [3.63, 3.8) is 0 Å². The van der Waals surface area contributed by atoms with Gasteiger partial charge in [-0.1, -0.05) is 6.92 Å². The highest BCUT2D eigenvalue weighted by atomic mass is 35.5. The zero-order valence-corrected chi connectivity index (χ0v) is 9.08. The molecule has 13 heavy (non-hydrogen) atoms. The molecule has 1 heterocycles. The van der Waals surface area contributed by atoms with Crippen molar-refractivity contribution in [2.75, 3.05) is 11.2 Å². The normalized spacial score (nSPS) is 12.5. The summed E-state index contributed by atoms with van der Waals surface area (Å²) < 4.78 is 0. The van der Waals surface area contributed by atoms with E-state index in [1.165, 1.54) is 11.3 Å². The van der Waals surface area contributed by atoms with Crippen molar-refractivity contribution >= 4 is 34.0 Å². The first-order valence-corrected chi connectivity index (χ1v) is 5.34. The molecule has 0 aromatic carbocycles. The number of hydrogen-bond acceptors (Lipinski definition) is 3. The van der Waals surface area contributed by atoms with Crippen molar-refractivity contribution in [2.45, 2.75) is 13.8 Å². The topological polar surface area (TPSA) is 42.0 Å². The number of aryl methyl sites for hydroxylation is 1. The van der Waals surface area contributed by atoms with E-state index in [2.05, 4.69) is 10.3 Å². The maximum atomic E-state index is 11.3. The molecule has 3 nitrogen and oxygen atoms in total. The van der Waals surface area contributed by atoms with Crippen LogP contribution in [0.5, 0.6) is 0 Å². The van der Waals surface area contributed by atoms with Crippen LogP contribution in [0.2, 0.25) is 0 Å². The first-order chi connectivity index (χ1) is 6.13. The van der Waals surface area contributed by atoms with E-state index in [9.17, 15) is 4.79 Å². The molecule has 0 fully saturated rings. The van der Waals surface area contributed by atoms with Gasteiger partial charge in [-0.3, -0.25) is 4.79 Å². The first kappa shape index (κ1) is 10.5. The molecule has 0 aliphatic carbocycles. The molecule has 1 N–H and O–H groups in total. The molecular weight excluding hydrogens is 208 g/mol. The van der Waals surface area contributed by atoms with Crippen molar-refractivity contribution < 1.29 is 4.79 Å². The summed E-state index contributed by atoms with van der Waals surface area (Å²) in [4.78, 5) is 15.4. The minimum absolute atomic E-state index is 0.0793. The lowest BCUT2D eigenvalue weighted by Crippen LogP contribution is -2.21. The number of hydrogen-bond donors (Lipinski definition) is 1. The minimum Gasteiger partial charge on any atom is -0.302 e. The van der Waals surface area contributed by atoms with E-state index in [-0.39, 0.29) is 11.8 Å². The van der Waals surface area contributed by atoms with Gasteiger partial charge in [0.25, 0.3) is 0 Å². The molecule has 0 spiro atoms. The second kappa shape index (κ2) is 4.58. The van der Waals surface area contributed by atoms with Gasteiger partial charge < -0.3 is 5.32 Å². The number of alkyl halides is 1. The van der Waals surface area contributed by atoms with Crippen LogP contribution in [0.1, 0.15) is 12.6 Å². The quantitative estimate of drug-likeness (QED) is 0.791. The van der Waals surface area contributed by atoms with E-state index in [1.54, 1.807) is 6.92 Å². The van der Waals surface area contributed by atoms with Gasteiger partial charge in [-0.2, -0.15) is 0 Å². The number of aromatic nitrogens is 1. The third-order valence-corrected chi connectivity index (χ3v) is 2.87. The Morgan fingerprint density at radius 1 is 1.85 bits per heavy atom. The Morgan fingerprint density at radius 2 is 2.54 bits per heavy atom. The van der Waals surface area contributed by atoms with E-state index >= 15 is 0 Å². The Balaban J connectivity index is 2.54. The van der Waals surface area contributed by atoms with Crippen LogP contribution in [0.3, 0.4) is 0 Å². The van der Waals surface area contributed by atoms with Crippen molar-refractivity contribution in [2.24, 2.45) is 5.92 Å². The largest absolute Gasteiger partial charge is 0.302 e. The van der Waals surface area contributed by atoms with Crippen LogP contribution in [0.4, 0.5) is 5.13 Å². The Bertz CT molecular complexity index is 300. The van der Waals surface area contributed by atoms with Crippen molar-refractivity contribution in [3.05, 3.63) is 11.1 Å². The summed E-state index contributed by atoms with van der Waals surface area (Å²) >= 11 is 6.96. The van der Waals surface area contributed by atoms with Crippen LogP contribution in [0, 0.1) is 12.8 Å². The van der Waals surface area contributed by atoms with E-state index in [1.807, 2.05) is 12.3 Å². The number of amides is 1. The highest BCUT2D eigenvalue weighted by Gasteiger charge is 2.12. The monoisotopic (exact) mass is 218 g/mol. The fourth-order valence-corrected chi connectivity index (χ4v) is 1.54. The number of anilines is 1. The molecule has 1 atom stereocenters. The third kappa shape index (κ3) is 2.97. The first-order valence-electron chi connectivity index (χ1n) is 3.92. The Kier molecular flexibility index (Phi) is 3.69. The van der Waals surface area contributed by atoms with E-state index < -0.39 is 0 Å². The number of rotatable bonds is 3. The molecule has 0 aliphatic heterocycles. The van der Waals surface area contributed by atoms with Gasteiger partial charge in [-0.25, -0.2) is 4.98 Å². The molecule has 1 aromatic heterocycles.